The minimum atomic E-state index is -3.22. The summed E-state index contributed by atoms with van der Waals surface area (Å²) in [6.07, 6.45) is 0.513. The van der Waals surface area contributed by atoms with Crippen LogP contribution in [-0.4, -0.2) is 27.4 Å². The van der Waals surface area contributed by atoms with Gasteiger partial charge in [0, 0.05) is 18.9 Å². The summed E-state index contributed by atoms with van der Waals surface area (Å²) in [5.41, 5.74) is 7.05. The van der Waals surface area contributed by atoms with Crippen molar-refractivity contribution >= 4 is 15.5 Å². The second kappa shape index (κ2) is 6.02. The van der Waals surface area contributed by atoms with E-state index in [0.29, 0.717) is 30.2 Å². The van der Waals surface area contributed by atoms with E-state index in [1.807, 2.05) is 6.92 Å². The summed E-state index contributed by atoms with van der Waals surface area (Å²) in [6, 6.07) is 4.80. The van der Waals surface area contributed by atoms with Crippen molar-refractivity contribution in [3.05, 3.63) is 23.8 Å². The fourth-order valence-electron chi connectivity index (χ4n) is 1.45. The largest absolute Gasteiger partial charge is 0.399 e. The molecule has 2 N–H and O–H groups in total. The minimum Gasteiger partial charge on any atom is -0.399 e. The molecule has 96 valence electrons. The van der Waals surface area contributed by atoms with Crippen LogP contribution in [0.15, 0.2) is 23.1 Å². The van der Waals surface area contributed by atoms with Gasteiger partial charge < -0.3 is 10.5 Å². The van der Waals surface area contributed by atoms with Crippen LogP contribution in [0.25, 0.3) is 0 Å². The van der Waals surface area contributed by atoms with Crippen molar-refractivity contribution in [1.82, 2.24) is 0 Å². The van der Waals surface area contributed by atoms with E-state index in [-0.39, 0.29) is 5.75 Å². The molecule has 0 heterocycles. The summed E-state index contributed by atoms with van der Waals surface area (Å²) in [7, 11) is -3.22. The smallest absolute Gasteiger partial charge is 0.178 e. The molecule has 0 unspecified atom stereocenters. The first kappa shape index (κ1) is 14.0. The Morgan fingerprint density at radius 2 is 2.06 bits per heavy atom. The number of hydrogen-bond acceptors (Lipinski definition) is 4. The van der Waals surface area contributed by atoms with Crippen molar-refractivity contribution < 1.29 is 13.2 Å². The first-order valence-corrected chi connectivity index (χ1v) is 7.29. The number of hydrogen-bond donors (Lipinski definition) is 1. The average molecular weight is 257 g/mol. The third kappa shape index (κ3) is 4.02. The first-order valence-electron chi connectivity index (χ1n) is 5.64. The van der Waals surface area contributed by atoms with Gasteiger partial charge in [-0.1, -0.05) is 0 Å². The maximum atomic E-state index is 12.0. The summed E-state index contributed by atoms with van der Waals surface area (Å²) in [5, 5.41) is 0. The predicted octanol–water partition coefficient (Wildman–Crippen LogP) is 1.78. The maximum Gasteiger partial charge on any atom is 0.178 e. The molecule has 1 aromatic carbocycles. The van der Waals surface area contributed by atoms with E-state index >= 15 is 0 Å². The van der Waals surface area contributed by atoms with Gasteiger partial charge in [-0.05, 0) is 44.0 Å². The van der Waals surface area contributed by atoms with Gasteiger partial charge in [0.1, 0.15) is 0 Å². The molecule has 1 aromatic rings. The molecule has 0 saturated carbocycles. The predicted molar refractivity (Wildman–Crippen MR) is 68.8 cm³/mol. The van der Waals surface area contributed by atoms with Crippen LogP contribution in [0.4, 0.5) is 5.69 Å². The molecule has 17 heavy (non-hydrogen) atoms. The summed E-state index contributed by atoms with van der Waals surface area (Å²) in [5.74, 6) is 0.107. The number of nitrogen functional groups attached to an aromatic ring is 1. The van der Waals surface area contributed by atoms with Crippen LogP contribution in [0.1, 0.15) is 18.9 Å². The number of aryl methyl sites for hydroxylation is 1. The quantitative estimate of drug-likeness (QED) is 0.623. The van der Waals surface area contributed by atoms with Gasteiger partial charge in [0.15, 0.2) is 9.84 Å². The number of benzene rings is 1. The van der Waals surface area contributed by atoms with Gasteiger partial charge in [-0.25, -0.2) is 8.42 Å². The van der Waals surface area contributed by atoms with Crippen molar-refractivity contribution in [2.45, 2.75) is 25.2 Å². The molecule has 0 spiro atoms. The number of anilines is 1. The molecule has 0 bridgehead atoms. The van der Waals surface area contributed by atoms with Crippen molar-refractivity contribution in [3.63, 3.8) is 0 Å². The highest BCUT2D eigenvalue weighted by molar-refractivity contribution is 7.91. The average Bonchev–Trinajstić information content (AvgIpc) is 2.28. The highest BCUT2D eigenvalue weighted by Gasteiger charge is 2.14. The van der Waals surface area contributed by atoms with E-state index < -0.39 is 9.84 Å². The Balaban J connectivity index is 2.72. The van der Waals surface area contributed by atoms with Gasteiger partial charge in [0.05, 0.1) is 10.6 Å². The summed E-state index contributed by atoms with van der Waals surface area (Å²) >= 11 is 0. The molecule has 5 heteroatoms. The summed E-state index contributed by atoms with van der Waals surface area (Å²) in [4.78, 5) is 0.334. The second-order valence-corrected chi connectivity index (χ2v) is 6.00. The molecule has 0 atom stereocenters. The van der Waals surface area contributed by atoms with E-state index in [1.165, 1.54) is 0 Å². The third-order valence-corrected chi connectivity index (χ3v) is 4.30. The molecular weight excluding hydrogens is 238 g/mol. The van der Waals surface area contributed by atoms with Gasteiger partial charge in [0.25, 0.3) is 0 Å². The first-order chi connectivity index (χ1) is 7.97. The van der Waals surface area contributed by atoms with Crippen LogP contribution in [0.5, 0.6) is 0 Å². The Kier molecular flexibility index (Phi) is 4.96. The Labute approximate surface area is 103 Å². The molecule has 1 rings (SSSR count). The number of sulfone groups is 1. The van der Waals surface area contributed by atoms with Gasteiger partial charge in [-0.2, -0.15) is 0 Å². The molecule has 0 aliphatic carbocycles. The Bertz CT molecular complexity index is 469. The lowest BCUT2D eigenvalue weighted by Gasteiger charge is -2.07. The van der Waals surface area contributed by atoms with E-state index in [4.69, 9.17) is 10.5 Å². The maximum absolute atomic E-state index is 12.0. The van der Waals surface area contributed by atoms with E-state index in [2.05, 4.69) is 0 Å². The van der Waals surface area contributed by atoms with Gasteiger partial charge >= 0.3 is 0 Å². The SMILES string of the molecule is CCOCCCS(=O)(=O)c1ccc(N)c(C)c1. The number of nitrogens with two attached hydrogens (primary N) is 1. The minimum absolute atomic E-state index is 0.107. The van der Waals surface area contributed by atoms with Gasteiger partial charge in [-0.15, -0.1) is 0 Å². The lowest BCUT2D eigenvalue weighted by Crippen LogP contribution is -2.10. The number of ether oxygens (including phenoxy) is 1. The Morgan fingerprint density at radius 3 is 2.65 bits per heavy atom. The zero-order valence-corrected chi connectivity index (χ0v) is 11.1. The normalized spacial score (nSPS) is 11.6. The van der Waals surface area contributed by atoms with E-state index in [1.54, 1.807) is 25.1 Å². The fraction of sp³-hybridized carbons (Fsp3) is 0.500. The molecule has 0 aliphatic rings. The molecule has 0 saturated heterocycles. The molecular formula is C12H19NO3S. The lowest BCUT2D eigenvalue weighted by atomic mass is 10.2. The second-order valence-electron chi connectivity index (χ2n) is 3.89. The fourth-order valence-corrected chi connectivity index (χ4v) is 2.82. The molecule has 0 aromatic heterocycles. The van der Waals surface area contributed by atoms with Crippen LogP contribution in [0.2, 0.25) is 0 Å². The van der Waals surface area contributed by atoms with Crippen molar-refractivity contribution in [1.29, 1.82) is 0 Å². The van der Waals surface area contributed by atoms with Gasteiger partial charge in [0.2, 0.25) is 0 Å². The zero-order chi connectivity index (χ0) is 12.9. The topological polar surface area (TPSA) is 69.4 Å². The highest BCUT2D eigenvalue weighted by Crippen LogP contribution is 2.18. The van der Waals surface area contributed by atoms with Crippen molar-refractivity contribution in [3.8, 4) is 0 Å². The lowest BCUT2D eigenvalue weighted by molar-refractivity contribution is 0.148. The molecule has 0 fully saturated rings. The third-order valence-electron chi connectivity index (χ3n) is 2.51. The van der Waals surface area contributed by atoms with Crippen LogP contribution in [-0.2, 0) is 14.6 Å². The van der Waals surface area contributed by atoms with Crippen LogP contribution >= 0.6 is 0 Å². The molecule has 0 aliphatic heterocycles. The van der Waals surface area contributed by atoms with Gasteiger partial charge in [-0.3, -0.25) is 0 Å². The number of rotatable bonds is 6. The van der Waals surface area contributed by atoms with Crippen molar-refractivity contribution in [2.75, 3.05) is 24.7 Å². The van der Waals surface area contributed by atoms with E-state index in [9.17, 15) is 8.42 Å². The van der Waals surface area contributed by atoms with Crippen molar-refractivity contribution in [2.24, 2.45) is 0 Å². The molecule has 0 radical (unpaired) electrons. The monoisotopic (exact) mass is 257 g/mol. The standard InChI is InChI=1S/C12H19NO3S/c1-3-16-7-4-8-17(14,15)11-5-6-12(13)10(2)9-11/h5-6,9H,3-4,7-8,13H2,1-2H3. The molecule has 4 nitrogen and oxygen atoms in total. The Hall–Kier alpha value is -1.07. The Morgan fingerprint density at radius 1 is 1.35 bits per heavy atom. The van der Waals surface area contributed by atoms with Crippen LogP contribution in [0.3, 0.4) is 0 Å². The highest BCUT2D eigenvalue weighted by atomic mass is 32.2. The molecule has 0 amide bonds. The van der Waals surface area contributed by atoms with E-state index in [0.717, 1.165) is 5.56 Å². The van der Waals surface area contributed by atoms with Crippen LogP contribution in [0, 0.1) is 6.92 Å². The van der Waals surface area contributed by atoms with Crippen LogP contribution < -0.4 is 5.73 Å². The summed E-state index contributed by atoms with van der Waals surface area (Å²) in [6.45, 7) is 4.77. The zero-order valence-electron chi connectivity index (χ0n) is 10.3. The summed E-state index contributed by atoms with van der Waals surface area (Å²) < 4.78 is 29.0.